The van der Waals surface area contributed by atoms with E-state index in [1.54, 1.807) is 0 Å². The minimum Gasteiger partial charge on any atom is -0.480 e. The molecule has 19 heavy (non-hydrogen) atoms. The molecule has 3 aliphatic heterocycles. The molecule has 0 saturated carbocycles. The van der Waals surface area contributed by atoms with Crippen LogP contribution in [0.1, 0.15) is 32.1 Å². The van der Waals surface area contributed by atoms with Crippen LogP contribution in [-0.4, -0.2) is 71.7 Å². The molecule has 2 N–H and O–H groups in total. The number of aliphatic carboxylic acids is 1. The van der Waals surface area contributed by atoms with E-state index in [0.29, 0.717) is 12.1 Å². The smallest absolute Gasteiger partial charge is 0.324 e. The fourth-order valence-corrected chi connectivity index (χ4v) is 4.29. The number of hydrogen-bond donors (Lipinski definition) is 2. The number of carboxylic acids is 1. The zero-order valence-electron chi connectivity index (χ0n) is 11.8. The molecule has 0 aromatic heterocycles. The minimum absolute atomic E-state index is 0.464. The molecular formula is C14H25N3O2. The molecular weight excluding hydrogens is 242 g/mol. The van der Waals surface area contributed by atoms with E-state index in [0.717, 1.165) is 45.4 Å². The first-order valence-corrected chi connectivity index (χ1v) is 7.54. The van der Waals surface area contributed by atoms with Gasteiger partial charge in [0.05, 0.1) is 0 Å². The number of fused-ring (bicyclic) bond motifs is 2. The zero-order chi connectivity index (χ0) is 13.5. The van der Waals surface area contributed by atoms with Gasteiger partial charge in [0, 0.05) is 31.7 Å². The quantitative estimate of drug-likeness (QED) is 0.757. The Morgan fingerprint density at radius 1 is 1.21 bits per heavy atom. The van der Waals surface area contributed by atoms with Crippen LogP contribution in [0, 0.1) is 0 Å². The topological polar surface area (TPSA) is 55.8 Å². The average Bonchev–Trinajstić information content (AvgIpc) is 2.68. The highest BCUT2D eigenvalue weighted by atomic mass is 16.4. The molecule has 3 heterocycles. The summed E-state index contributed by atoms with van der Waals surface area (Å²) in [5, 5.41) is 13.3. The normalized spacial score (nSPS) is 41.1. The van der Waals surface area contributed by atoms with Gasteiger partial charge in [-0.05, 0) is 45.7 Å². The summed E-state index contributed by atoms with van der Waals surface area (Å²) in [6.45, 7) is 3.72. The summed E-state index contributed by atoms with van der Waals surface area (Å²) in [6.07, 6.45) is 5.00. The molecule has 3 saturated heterocycles. The van der Waals surface area contributed by atoms with Crippen molar-refractivity contribution in [1.29, 1.82) is 0 Å². The second kappa shape index (κ2) is 5.04. The van der Waals surface area contributed by atoms with Crippen LogP contribution in [-0.2, 0) is 4.79 Å². The summed E-state index contributed by atoms with van der Waals surface area (Å²) < 4.78 is 0. The zero-order valence-corrected chi connectivity index (χ0v) is 11.8. The van der Waals surface area contributed by atoms with Gasteiger partial charge in [-0.1, -0.05) is 0 Å². The van der Waals surface area contributed by atoms with Crippen molar-refractivity contribution in [3.05, 3.63) is 0 Å². The van der Waals surface area contributed by atoms with Crippen molar-refractivity contribution >= 4 is 5.97 Å². The number of nitrogens with zero attached hydrogens (tertiary/aromatic N) is 2. The molecule has 2 bridgehead atoms. The molecule has 0 aliphatic carbocycles. The van der Waals surface area contributed by atoms with E-state index < -0.39 is 11.5 Å². The monoisotopic (exact) mass is 267 g/mol. The molecule has 5 nitrogen and oxygen atoms in total. The van der Waals surface area contributed by atoms with Gasteiger partial charge in [0.15, 0.2) is 0 Å². The van der Waals surface area contributed by atoms with Crippen molar-refractivity contribution < 1.29 is 9.90 Å². The summed E-state index contributed by atoms with van der Waals surface area (Å²) >= 11 is 0. The number of hydrogen-bond acceptors (Lipinski definition) is 4. The van der Waals surface area contributed by atoms with E-state index in [4.69, 9.17) is 0 Å². The first-order chi connectivity index (χ1) is 9.13. The Morgan fingerprint density at radius 3 is 2.53 bits per heavy atom. The summed E-state index contributed by atoms with van der Waals surface area (Å²) in [7, 11) is 2.16. The second-order valence-corrected chi connectivity index (χ2v) is 6.39. The lowest BCUT2D eigenvalue weighted by molar-refractivity contribution is -0.157. The van der Waals surface area contributed by atoms with Crippen LogP contribution < -0.4 is 5.32 Å². The lowest BCUT2D eigenvalue weighted by Gasteiger charge is -2.48. The Balaban J connectivity index is 1.85. The van der Waals surface area contributed by atoms with Gasteiger partial charge in [0.1, 0.15) is 5.54 Å². The molecule has 3 fully saturated rings. The van der Waals surface area contributed by atoms with Crippen LogP contribution in [0.25, 0.3) is 0 Å². The largest absolute Gasteiger partial charge is 0.480 e. The first kappa shape index (κ1) is 13.3. The van der Waals surface area contributed by atoms with E-state index in [1.165, 1.54) is 12.8 Å². The van der Waals surface area contributed by atoms with Crippen molar-refractivity contribution in [2.45, 2.75) is 49.7 Å². The van der Waals surface area contributed by atoms with Gasteiger partial charge < -0.3 is 15.3 Å². The molecule has 2 atom stereocenters. The van der Waals surface area contributed by atoms with Gasteiger partial charge >= 0.3 is 5.97 Å². The van der Waals surface area contributed by atoms with Gasteiger partial charge in [-0.25, -0.2) is 0 Å². The van der Waals surface area contributed by atoms with E-state index >= 15 is 0 Å². The molecule has 5 heteroatoms. The van der Waals surface area contributed by atoms with E-state index in [-0.39, 0.29) is 0 Å². The Hall–Kier alpha value is -0.650. The predicted molar refractivity (Wildman–Crippen MR) is 73.2 cm³/mol. The highest BCUT2D eigenvalue weighted by molar-refractivity contribution is 5.79. The Bertz CT molecular complexity index is 339. The summed E-state index contributed by atoms with van der Waals surface area (Å²) in [5.41, 5.74) is -0.607. The van der Waals surface area contributed by atoms with Crippen LogP contribution in [0.5, 0.6) is 0 Å². The van der Waals surface area contributed by atoms with E-state index in [9.17, 15) is 9.90 Å². The van der Waals surface area contributed by atoms with Crippen LogP contribution in [0.15, 0.2) is 0 Å². The van der Waals surface area contributed by atoms with Crippen molar-refractivity contribution in [2.24, 2.45) is 0 Å². The number of carboxylic acid groups (broad SMARTS) is 1. The van der Waals surface area contributed by atoms with Crippen molar-refractivity contribution in [3.8, 4) is 0 Å². The predicted octanol–water partition coefficient (Wildman–Crippen LogP) is 0.362. The molecule has 3 rings (SSSR count). The van der Waals surface area contributed by atoms with Crippen LogP contribution in [0.4, 0.5) is 0 Å². The highest BCUT2D eigenvalue weighted by Gasteiger charge is 2.54. The summed E-state index contributed by atoms with van der Waals surface area (Å²) in [5.74, 6) is -0.598. The molecule has 0 aromatic rings. The third-order valence-corrected chi connectivity index (χ3v) is 5.48. The third-order valence-electron chi connectivity index (χ3n) is 5.48. The maximum atomic E-state index is 12.0. The molecule has 0 radical (unpaired) electrons. The van der Waals surface area contributed by atoms with E-state index in [2.05, 4.69) is 22.2 Å². The first-order valence-electron chi connectivity index (χ1n) is 7.54. The highest BCUT2D eigenvalue weighted by Crippen LogP contribution is 2.43. The number of piperidine rings is 1. The van der Waals surface area contributed by atoms with Gasteiger partial charge in [-0.2, -0.15) is 0 Å². The third kappa shape index (κ3) is 2.18. The molecule has 3 aliphatic rings. The Morgan fingerprint density at radius 2 is 1.89 bits per heavy atom. The van der Waals surface area contributed by atoms with Crippen LogP contribution >= 0.6 is 0 Å². The molecule has 108 valence electrons. The van der Waals surface area contributed by atoms with Crippen molar-refractivity contribution in [3.63, 3.8) is 0 Å². The fourth-order valence-electron chi connectivity index (χ4n) is 4.29. The second-order valence-electron chi connectivity index (χ2n) is 6.39. The molecule has 2 unspecified atom stereocenters. The van der Waals surface area contributed by atoms with Crippen LogP contribution in [0.2, 0.25) is 0 Å². The summed E-state index contributed by atoms with van der Waals surface area (Å²) in [6, 6.07) is 0.928. The minimum atomic E-state index is -0.607. The number of rotatable bonds is 2. The van der Waals surface area contributed by atoms with E-state index in [1.807, 2.05) is 0 Å². The van der Waals surface area contributed by atoms with Gasteiger partial charge in [0.25, 0.3) is 0 Å². The number of carbonyl (C=O) groups is 1. The van der Waals surface area contributed by atoms with Crippen molar-refractivity contribution in [1.82, 2.24) is 15.1 Å². The van der Waals surface area contributed by atoms with Gasteiger partial charge in [-0.15, -0.1) is 0 Å². The Labute approximate surface area is 114 Å². The molecule has 0 amide bonds. The standard InChI is InChI=1S/C14H25N3O2/c1-16-11-3-4-12(16)10-14(9-11,13(18)19)17-7-2-5-15-6-8-17/h11-12,15H,2-10H2,1H3,(H,18,19). The van der Waals surface area contributed by atoms with Gasteiger partial charge in [0.2, 0.25) is 0 Å². The van der Waals surface area contributed by atoms with Crippen LogP contribution in [0.3, 0.4) is 0 Å². The van der Waals surface area contributed by atoms with Gasteiger partial charge in [-0.3, -0.25) is 9.69 Å². The fraction of sp³-hybridized carbons (Fsp3) is 0.929. The lowest BCUT2D eigenvalue weighted by Crippen LogP contribution is -2.63. The molecule has 0 spiro atoms. The van der Waals surface area contributed by atoms with Crippen molar-refractivity contribution in [2.75, 3.05) is 33.2 Å². The maximum absolute atomic E-state index is 12.0. The Kier molecular flexibility index (Phi) is 3.53. The average molecular weight is 267 g/mol. The molecule has 0 aromatic carbocycles. The lowest BCUT2D eigenvalue weighted by atomic mass is 9.81. The maximum Gasteiger partial charge on any atom is 0.324 e. The summed E-state index contributed by atoms with van der Waals surface area (Å²) in [4.78, 5) is 16.7. The SMILES string of the molecule is CN1C2CCC1CC(C(=O)O)(N1CCCNCC1)C2. The number of nitrogens with one attached hydrogen (secondary N) is 1.